The summed E-state index contributed by atoms with van der Waals surface area (Å²) in [6, 6.07) is 7.86. The van der Waals surface area contributed by atoms with Crippen LogP contribution in [0.4, 0.5) is 0 Å². The molecule has 2 aromatic rings. The molecule has 0 fully saturated rings. The van der Waals surface area contributed by atoms with Crippen molar-refractivity contribution in [2.45, 2.75) is 27.7 Å². The first-order valence-electron chi connectivity index (χ1n) is 7.62. The van der Waals surface area contributed by atoms with Gasteiger partial charge < -0.3 is 9.05 Å². The highest BCUT2D eigenvalue weighted by molar-refractivity contribution is 7.54. The van der Waals surface area contributed by atoms with Crippen molar-refractivity contribution in [2.24, 2.45) is 0 Å². The van der Waals surface area contributed by atoms with E-state index in [0.29, 0.717) is 18.0 Å². The molecule has 23 heavy (non-hydrogen) atoms. The normalized spacial score (nSPS) is 11.8. The van der Waals surface area contributed by atoms with Crippen LogP contribution in [0.2, 0.25) is 0 Å². The molecule has 0 aliphatic rings. The molecule has 0 saturated heterocycles. The lowest BCUT2D eigenvalue weighted by atomic mass is 10.2. The lowest BCUT2D eigenvalue weighted by molar-refractivity contribution is 0.222. The molecule has 0 spiro atoms. The van der Waals surface area contributed by atoms with Crippen molar-refractivity contribution in [3.05, 3.63) is 34.6 Å². The Hall–Kier alpha value is -1.20. The largest absolute Gasteiger partial charge is 0.336 e. The molecule has 0 saturated carbocycles. The number of allylic oxidation sites excluding steroid dienone is 2. The van der Waals surface area contributed by atoms with E-state index in [0.717, 1.165) is 21.5 Å². The molecule has 0 radical (unpaired) electrons. The van der Waals surface area contributed by atoms with Crippen LogP contribution in [0.3, 0.4) is 0 Å². The van der Waals surface area contributed by atoms with Crippen molar-refractivity contribution in [1.82, 2.24) is 4.57 Å². The molecule has 0 bridgehead atoms. The van der Waals surface area contributed by atoms with E-state index in [1.807, 2.05) is 42.7 Å². The minimum Gasteiger partial charge on any atom is -0.309 e. The second kappa shape index (κ2) is 7.58. The number of nitrogens with zero attached hydrogens (tertiary/aromatic N) is 1. The molecule has 126 valence electrons. The lowest BCUT2D eigenvalue weighted by Gasteiger charge is -2.20. The summed E-state index contributed by atoms with van der Waals surface area (Å²) in [6.45, 7) is 8.17. The number of aromatic nitrogens is 1. The third-order valence-electron chi connectivity index (χ3n) is 3.36. The maximum atomic E-state index is 12.9. The van der Waals surface area contributed by atoms with Gasteiger partial charge in [-0.1, -0.05) is 29.0 Å². The van der Waals surface area contributed by atoms with Crippen LogP contribution in [0.15, 0.2) is 29.8 Å². The van der Waals surface area contributed by atoms with Crippen molar-refractivity contribution >= 4 is 34.8 Å². The van der Waals surface area contributed by atoms with Crippen molar-refractivity contribution in [3.63, 3.8) is 0 Å². The zero-order valence-corrected chi connectivity index (χ0v) is 15.7. The molecule has 1 heterocycles. The first-order valence-corrected chi connectivity index (χ1v) is 10.2. The molecule has 0 aliphatic heterocycles. The van der Waals surface area contributed by atoms with Gasteiger partial charge >= 0.3 is 7.60 Å². The van der Waals surface area contributed by atoms with E-state index < -0.39 is 7.60 Å². The Labute approximate surface area is 140 Å². The van der Waals surface area contributed by atoms with Gasteiger partial charge in [-0.05, 0) is 39.8 Å². The fourth-order valence-electron chi connectivity index (χ4n) is 2.41. The number of para-hydroxylation sites is 1. The minimum absolute atomic E-state index is 0.161. The SMILES string of the molecule is CCOP(=O)(CC(=C(C)C)n1c(=N)sc2ccccc21)OCC. The van der Waals surface area contributed by atoms with Gasteiger partial charge in [0.15, 0.2) is 4.80 Å². The number of nitrogens with one attached hydrogen (secondary N) is 1. The standard InChI is InChI=1S/C16H23N2O3PS/c1-5-20-22(19,21-6-2)11-14(12(3)4)18-13-9-7-8-10-15(13)23-16(18)17/h7-10,17H,5-6,11H2,1-4H3. The summed E-state index contributed by atoms with van der Waals surface area (Å²) in [5.74, 6) is 0. The van der Waals surface area contributed by atoms with Crippen LogP contribution < -0.4 is 4.80 Å². The Balaban J connectivity index is 2.55. The van der Waals surface area contributed by atoms with Gasteiger partial charge in [-0.2, -0.15) is 0 Å². The number of thiazole rings is 1. The van der Waals surface area contributed by atoms with Crippen molar-refractivity contribution in [1.29, 1.82) is 5.41 Å². The van der Waals surface area contributed by atoms with Crippen LogP contribution in [0.5, 0.6) is 0 Å². The van der Waals surface area contributed by atoms with Crippen LogP contribution in [0.1, 0.15) is 27.7 Å². The highest BCUT2D eigenvalue weighted by Gasteiger charge is 2.27. The molecule has 1 aromatic heterocycles. The Kier molecular flexibility index (Phi) is 5.98. The lowest BCUT2D eigenvalue weighted by Crippen LogP contribution is -2.17. The van der Waals surface area contributed by atoms with Gasteiger partial charge in [-0.3, -0.25) is 14.5 Å². The van der Waals surface area contributed by atoms with Gasteiger partial charge in [0.1, 0.15) is 0 Å². The number of benzene rings is 1. The molecule has 0 aliphatic carbocycles. The van der Waals surface area contributed by atoms with Crippen LogP contribution in [-0.4, -0.2) is 23.9 Å². The number of rotatable bonds is 7. The van der Waals surface area contributed by atoms with E-state index in [-0.39, 0.29) is 6.16 Å². The predicted molar refractivity (Wildman–Crippen MR) is 96.0 cm³/mol. The Bertz CT molecular complexity index is 808. The van der Waals surface area contributed by atoms with E-state index in [9.17, 15) is 4.57 Å². The summed E-state index contributed by atoms with van der Waals surface area (Å²) >= 11 is 1.40. The summed E-state index contributed by atoms with van der Waals surface area (Å²) in [5.41, 5.74) is 2.74. The molecule has 2 rings (SSSR count). The van der Waals surface area contributed by atoms with Crippen LogP contribution in [0.25, 0.3) is 15.9 Å². The first kappa shape index (κ1) is 18.1. The highest BCUT2D eigenvalue weighted by Crippen LogP contribution is 2.50. The zero-order valence-electron chi connectivity index (χ0n) is 14.0. The average molecular weight is 354 g/mol. The molecule has 1 aromatic carbocycles. The van der Waals surface area contributed by atoms with Gasteiger partial charge in [0.2, 0.25) is 0 Å². The molecule has 0 amide bonds. The van der Waals surface area contributed by atoms with Crippen LogP contribution in [-0.2, 0) is 13.6 Å². The molecule has 0 unspecified atom stereocenters. The fraction of sp³-hybridized carbons (Fsp3) is 0.438. The summed E-state index contributed by atoms with van der Waals surface area (Å²) in [4.78, 5) is 0.405. The fourth-order valence-corrected chi connectivity index (χ4v) is 5.20. The van der Waals surface area contributed by atoms with Crippen molar-refractivity contribution < 1.29 is 13.6 Å². The highest BCUT2D eigenvalue weighted by atomic mass is 32.1. The number of fused-ring (bicyclic) bond motifs is 1. The minimum atomic E-state index is -3.23. The smallest absolute Gasteiger partial charge is 0.309 e. The Morgan fingerprint density at radius 2 is 1.83 bits per heavy atom. The third-order valence-corrected chi connectivity index (χ3v) is 6.29. The summed E-state index contributed by atoms with van der Waals surface area (Å²) in [7, 11) is -3.23. The van der Waals surface area contributed by atoms with Gasteiger partial charge in [-0.25, -0.2) is 0 Å². The van der Waals surface area contributed by atoms with Gasteiger partial charge in [-0.15, -0.1) is 0 Å². The van der Waals surface area contributed by atoms with Gasteiger partial charge in [0.25, 0.3) is 0 Å². The second-order valence-corrected chi connectivity index (χ2v) is 8.35. The van der Waals surface area contributed by atoms with E-state index in [4.69, 9.17) is 14.5 Å². The average Bonchev–Trinajstić information content (AvgIpc) is 2.81. The van der Waals surface area contributed by atoms with Gasteiger partial charge in [0.05, 0.1) is 29.6 Å². The predicted octanol–water partition coefficient (Wildman–Crippen LogP) is 4.70. The topological polar surface area (TPSA) is 64.3 Å². The summed E-state index contributed by atoms with van der Waals surface area (Å²) in [5, 5.41) is 8.31. The monoisotopic (exact) mass is 354 g/mol. The maximum absolute atomic E-state index is 12.9. The molecule has 7 heteroatoms. The third kappa shape index (κ3) is 4.01. The van der Waals surface area contributed by atoms with E-state index >= 15 is 0 Å². The molecule has 0 atom stereocenters. The molecular formula is C16H23N2O3PS. The molecular weight excluding hydrogens is 331 g/mol. The van der Waals surface area contributed by atoms with Crippen LogP contribution >= 0.6 is 18.9 Å². The number of hydrogen-bond donors (Lipinski definition) is 1. The van der Waals surface area contributed by atoms with Crippen molar-refractivity contribution in [3.8, 4) is 0 Å². The van der Waals surface area contributed by atoms with E-state index in [1.54, 1.807) is 13.8 Å². The summed E-state index contributed by atoms with van der Waals surface area (Å²) in [6.07, 6.45) is 0.161. The van der Waals surface area contributed by atoms with Crippen molar-refractivity contribution in [2.75, 3.05) is 19.4 Å². The molecule has 5 nitrogen and oxygen atoms in total. The van der Waals surface area contributed by atoms with E-state index in [1.165, 1.54) is 11.3 Å². The maximum Gasteiger partial charge on any atom is 0.336 e. The van der Waals surface area contributed by atoms with E-state index in [2.05, 4.69) is 0 Å². The Morgan fingerprint density at radius 1 is 1.22 bits per heavy atom. The Morgan fingerprint density at radius 3 is 2.39 bits per heavy atom. The van der Waals surface area contributed by atoms with Crippen LogP contribution in [0, 0.1) is 5.41 Å². The molecule has 1 N–H and O–H groups in total. The summed E-state index contributed by atoms with van der Waals surface area (Å²) < 4.78 is 26.7. The van der Waals surface area contributed by atoms with Gasteiger partial charge in [0, 0.05) is 5.70 Å². The first-order chi connectivity index (χ1) is 10.9. The quantitative estimate of drug-likeness (QED) is 0.733. The number of hydrogen-bond acceptors (Lipinski definition) is 5. The zero-order chi connectivity index (χ0) is 17.0. The second-order valence-electron chi connectivity index (χ2n) is 5.26.